The first kappa shape index (κ1) is 31.0. The maximum Gasteiger partial charge on any atom is 0.333 e. The summed E-state index contributed by atoms with van der Waals surface area (Å²) in [6, 6.07) is 26.7. The number of esters is 1. The smallest absolute Gasteiger partial charge is 0.333 e. The minimum atomic E-state index is -0.610. The van der Waals surface area contributed by atoms with Gasteiger partial charge in [0.15, 0.2) is 12.1 Å². The SMILES string of the molecule is C.CC(=O)NCCCc1ccc(C(=O)C[N+]23CCC(CC2)[C@@H](OC(=O)[C@H](Nc2ccccc2)c2ccccc2)C3)cc1. The van der Waals surface area contributed by atoms with Crippen LogP contribution in [0, 0.1) is 5.92 Å². The molecule has 3 aromatic rings. The molecule has 0 aromatic heterocycles. The van der Waals surface area contributed by atoms with E-state index in [1.165, 1.54) is 6.92 Å². The molecule has 222 valence electrons. The highest BCUT2D eigenvalue weighted by atomic mass is 16.5. The van der Waals surface area contributed by atoms with E-state index in [0.29, 0.717) is 30.0 Å². The number of para-hydroxylation sites is 1. The molecule has 0 unspecified atom stereocenters. The predicted molar refractivity (Wildman–Crippen MR) is 166 cm³/mol. The summed E-state index contributed by atoms with van der Waals surface area (Å²) in [6.45, 7) is 5.15. The van der Waals surface area contributed by atoms with Crippen LogP contribution in [0.4, 0.5) is 5.69 Å². The number of rotatable bonds is 12. The summed E-state index contributed by atoms with van der Waals surface area (Å²) in [6.07, 6.45) is 3.43. The first-order chi connectivity index (χ1) is 19.9. The van der Waals surface area contributed by atoms with Crippen molar-refractivity contribution in [2.75, 3.05) is 38.0 Å². The summed E-state index contributed by atoms with van der Waals surface area (Å²) in [4.78, 5) is 38.0. The number of carbonyl (C=O) groups is 3. The molecule has 3 aromatic carbocycles. The fourth-order valence-corrected chi connectivity index (χ4v) is 6.23. The molecule has 3 heterocycles. The van der Waals surface area contributed by atoms with E-state index in [2.05, 4.69) is 10.6 Å². The Labute approximate surface area is 249 Å². The lowest BCUT2D eigenvalue weighted by Crippen LogP contribution is -2.65. The predicted octanol–water partition coefficient (Wildman–Crippen LogP) is 5.58. The third-order valence-electron chi connectivity index (χ3n) is 8.53. The molecule has 42 heavy (non-hydrogen) atoms. The van der Waals surface area contributed by atoms with E-state index in [9.17, 15) is 14.4 Å². The maximum atomic E-state index is 13.6. The van der Waals surface area contributed by atoms with Crippen LogP contribution in [0.25, 0.3) is 0 Å². The second kappa shape index (κ2) is 14.3. The molecule has 3 aliphatic rings. The zero-order valence-electron chi connectivity index (χ0n) is 23.8. The van der Waals surface area contributed by atoms with Gasteiger partial charge in [0.2, 0.25) is 11.7 Å². The summed E-state index contributed by atoms with van der Waals surface area (Å²) in [5.74, 6) is 0.168. The largest absolute Gasteiger partial charge is 0.454 e. The van der Waals surface area contributed by atoms with Crippen LogP contribution >= 0.6 is 0 Å². The van der Waals surface area contributed by atoms with Crippen molar-refractivity contribution in [1.82, 2.24) is 5.32 Å². The summed E-state index contributed by atoms with van der Waals surface area (Å²) < 4.78 is 6.92. The number of Topliss-reactive ketones (excluding diaryl/α,β-unsaturated/α-hetero) is 1. The van der Waals surface area contributed by atoms with Crippen LogP contribution in [-0.4, -0.2) is 61.0 Å². The van der Waals surface area contributed by atoms with Crippen molar-refractivity contribution in [3.05, 3.63) is 102 Å². The number of ether oxygens (including phenoxy) is 1. The van der Waals surface area contributed by atoms with Crippen LogP contribution in [-0.2, 0) is 20.7 Å². The number of amides is 1. The van der Waals surface area contributed by atoms with Crippen LogP contribution in [0.15, 0.2) is 84.9 Å². The number of hydrogen-bond acceptors (Lipinski definition) is 5. The number of hydrogen-bond donors (Lipinski definition) is 2. The van der Waals surface area contributed by atoms with E-state index in [4.69, 9.17) is 4.74 Å². The number of nitrogens with zero attached hydrogens (tertiary/aromatic N) is 1. The van der Waals surface area contributed by atoms with Gasteiger partial charge in [0.1, 0.15) is 13.1 Å². The highest BCUT2D eigenvalue weighted by Gasteiger charge is 2.49. The van der Waals surface area contributed by atoms with Crippen molar-refractivity contribution in [1.29, 1.82) is 0 Å². The maximum absolute atomic E-state index is 13.6. The highest BCUT2D eigenvalue weighted by molar-refractivity contribution is 5.97. The number of aryl methyl sites for hydroxylation is 1. The highest BCUT2D eigenvalue weighted by Crippen LogP contribution is 2.37. The van der Waals surface area contributed by atoms with Crippen molar-refractivity contribution in [2.45, 2.75) is 52.2 Å². The Kier molecular flexibility index (Phi) is 10.5. The van der Waals surface area contributed by atoms with Crippen LogP contribution in [0.2, 0.25) is 0 Å². The van der Waals surface area contributed by atoms with Crippen LogP contribution in [0.3, 0.4) is 0 Å². The fourth-order valence-electron chi connectivity index (χ4n) is 6.23. The third-order valence-corrected chi connectivity index (χ3v) is 8.53. The molecule has 3 saturated heterocycles. The average Bonchev–Trinajstić information content (AvgIpc) is 2.99. The number of piperidine rings is 3. The van der Waals surface area contributed by atoms with E-state index in [0.717, 1.165) is 61.2 Å². The number of quaternary nitrogens is 1. The minimum absolute atomic E-state index is 0. The normalized spacial score (nSPS) is 21.5. The Morgan fingerprint density at radius 1 is 0.905 bits per heavy atom. The van der Waals surface area contributed by atoms with Gasteiger partial charge in [-0.3, -0.25) is 9.59 Å². The molecule has 0 spiro atoms. The first-order valence-corrected chi connectivity index (χ1v) is 14.7. The van der Waals surface area contributed by atoms with Gasteiger partial charge in [0.05, 0.1) is 13.1 Å². The fraction of sp³-hybridized carbons (Fsp3) is 0.400. The molecule has 2 N–H and O–H groups in total. The lowest BCUT2D eigenvalue weighted by Gasteiger charge is -2.51. The van der Waals surface area contributed by atoms with Crippen molar-refractivity contribution in [2.24, 2.45) is 5.92 Å². The van der Waals surface area contributed by atoms with E-state index in [-0.39, 0.29) is 31.2 Å². The molecule has 2 atom stereocenters. The number of carbonyl (C=O) groups excluding carboxylic acids is 3. The number of nitrogens with one attached hydrogen (secondary N) is 2. The van der Waals surface area contributed by atoms with E-state index >= 15 is 0 Å². The van der Waals surface area contributed by atoms with Gasteiger partial charge in [-0.15, -0.1) is 0 Å². The van der Waals surface area contributed by atoms with Gasteiger partial charge in [-0.25, -0.2) is 4.79 Å². The molecule has 7 nitrogen and oxygen atoms in total. The van der Waals surface area contributed by atoms with E-state index < -0.39 is 6.04 Å². The number of fused-ring (bicyclic) bond motifs is 3. The zero-order valence-corrected chi connectivity index (χ0v) is 23.8. The first-order valence-electron chi connectivity index (χ1n) is 14.7. The molecule has 3 aliphatic heterocycles. The average molecular weight is 571 g/mol. The Morgan fingerprint density at radius 3 is 2.19 bits per heavy atom. The van der Waals surface area contributed by atoms with Gasteiger partial charge in [-0.2, -0.15) is 0 Å². The number of ketones is 1. The number of benzene rings is 3. The summed E-state index contributed by atoms with van der Waals surface area (Å²) in [5.41, 5.74) is 3.60. The standard InChI is InChI=1S/C34H39N3O4.CH4/c1-25(38)35-20-8-9-26-14-16-27(17-15-26)31(39)23-37-21-18-28(19-22-37)32(24-37)41-34(40)33(29-10-4-2-5-11-29)36-30-12-6-3-7-13-30;/h2-7,10-17,28,32-33,36H,8-9,18-24H2,1H3;1H4/p+1/t28?,32-,33+,37?;/m0./s1. The molecular formula is C35H44N3O4+. The summed E-state index contributed by atoms with van der Waals surface area (Å²) in [7, 11) is 0. The Bertz CT molecular complexity index is 1320. The second-order valence-electron chi connectivity index (χ2n) is 11.5. The van der Waals surface area contributed by atoms with Crippen molar-refractivity contribution in [3.8, 4) is 0 Å². The zero-order chi connectivity index (χ0) is 28.7. The monoisotopic (exact) mass is 570 g/mol. The second-order valence-corrected chi connectivity index (χ2v) is 11.5. The quantitative estimate of drug-likeness (QED) is 0.129. The molecule has 0 aliphatic carbocycles. The van der Waals surface area contributed by atoms with Gasteiger partial charge in [-0.05, 0) is 36.1 Å². The number of anilines is 1. The molecule has 1 amide bonds. The lowest BCUT2D eigenvalue weighted by molar-refractivity contribution is -0.938. The molecule has 2 bridgehead atoms. The van der Waals surface area contributed by atoms with Crippen LogP contribution < -0.4 is 10.6 Å². The molecular weight excluding hydrogens is 526 g/mol. The third kappa shape index (κ3) is 7.85. The Morgan fingerprint density at radius 2 is 1.55 bits per heavy atom. The van der Waals surface area contributed by atoms with Gasteiger partial charge in [0.25, 0.3) is 0 Å². The van der Waals surface area contributed by atoms with Gasteiger partial charge in [0, 0.05) is 43.5 Å². The van der Waals surface area contributed by atoms with E-state index in [1.54, 1.807) is 0 Å². The van der Waals surface area contributed by atoms with E-state index in [1.807, 2.05) is 84.9 Å². The lowest BCUT2D eigenvalue weighted by atomic mass is 9.82. The van der Waals surface area contributed by atoms with Crippen LogP contribution in [0.5, 0.6) is 0 Å². The van der Waals surface area contributed by atoms with Crippen molar-refractivity contribution < 1.29 is 23.6 Å². The van der Waals surface area contributed by atoms with Gasteiger partial charge >= 0.3 is 5.97 Å². The Balaban J connectivity index is 0.00000405. The molecule has 7 heteroatoms. The summed E-state index contributed by atoms with van der Waals surface area (Å²) >= 11 is 0. The molecule has 0 radical (unpaired) electrons. The Hall–Kier alpha value is -3.97. The van der Waals surface area contributed by atoms with Gasteiger partial charge in [-0.1, -0.05) is 80.2 Å². The summed E-state index contributed by atoms with van der Waals surface area (Å²) in [5, 5.41) is 6.18. The molecule has 3 fully saturated rings. The van der Waals surface area contributed by atoms with Crippen molar-refractivity contribution in [3.63, 3.8) is 0 Å². The topological polar surface area (TPSA) is 84.5 Å². The molecule has 0 saturated carbocycles. The minimum Gasteiger partial charge on any atom is -0.454 e. The van der Waals surface area contributed by atoms with Crippen LogP contribution in [0.1, 0.15) is 61.1 Å². The molecule has 6 rings (SSSR count). The van der Waals surface area contributed by atoms with Crippen molar-refractivity contribution >= 4 is 23.3 Å². The van der Waals surface area contributed by atoms with Gasteiger partial charge < -0.3 is 19.9 Å².